The standard InChI is InChI=1S/C16H21N.ClH.H2O/c1-13(14-7-3-2-4-8-14)17-12-11-15-9-5-6-10-16(15)17;;/h2-4,7-9,13,16H,5-6,10-12H2,1H3;1H;1H2/t13-,16-;;/m1../s1. The lowest BCUT2D eigenvalue weighted by Crippen LogP contribution is -3.13. The molecule has 0 radical (unpaired) electrons. The third kappa shape index (κ3) is 3.19. The van der Waals surface area contributed by atoms with Gasteiger partial charge in [-0.25, -0.2) is 0 Å². The summed E-state index contributed by atoms with van der Waals surface area (Å²) in [5.74, 6) is 0. The van der Waals surface area contributed by atoms with Crippen molar-refractivity contribution in [2.24, 2.45) is 0 Å². The van der Waals surface area contributed by atoms with Gasteiger partial charge in [-0.2, -0.15) is 0 Å². The molecule has 1 fully saturated rings. The fraction of sp³-hybridized carbons (Fsp3) is 0.500. The second-order valence-corrected chi connectivity index (χ2v) is 5.47. The SMILES string of the molecule is C[C@H](c1ccccc1)[NH+]1CCC2=CCCC[C@H]21.O.[Cl-]. The third-order valence-corrected chi connectivity index (χ3v) is 4.56. The van der Waals surface area contributed by atoms with Crippen LogP contribution in [-0.4, -0.2) is 18.1 Å². The van der Waals surface area contributed by atoms with Crippen molar-refractivity contribution in [2.75, 3.05) is 6.54 Å². The van der Waals surface area contributed by atoms with E-state index in [9.17, 15) is 0 Å². The van der Waals surface area contributed by atoms with E-state index < -0.39 is 0 Å². The van der Waals surface area contributed by atoms with E-state index in [1.54, 1.807) is 10.5 Å². The minimum absolute atomic E-state index is 0. The normalized spacial score (nSPS) is 26.5. The van der Waals surface area contributed by atoms with E-state index in [0.717, 1.165) is 6.04 Å². The van der Waals surface area contributed by atoms with Gasteiger partial charge in [0.25, 0.3) is 0 Å². The van der Waals surface area contributed by atoms with Gasteiger partial charge < -0.3 is 22.8 Å². The number of rotatable bonds is 2. The van der Waals surface area contributed by atoms with E-state index in [1.807, 2.05) is 0 Å². The van der Waals surface area contributed by atoms with Gasteiger partial charge in [0.05, 0.1) is 6.54 Å². The Morgan fingerprint density at radius 2 is 1.95 bits per heavy atom. The molecule has 0 spiro atoms. The minimum atomic E-state index is 0. The van der Waals surface area contributed by atoms with Crippen LogP contribution in [0.1, 0.15) is 44.2 Å². The van der Waals surface area contributed by atoms with E-state index in [1.165, 1.54) is 37.8 Å². The van der Waals surface area contributed by atoms with Gasteiger partial charge in [0.2, 0.25) is 0 Å². The molecule has 1 aliphatic heterocycles. The van der Waals surface area contributed by atoms with Crippen molar-refractivity contribution in [3.63, 3.8) is 0 Å². The molecule has 1 unspecified atom stereocenters. The zero-order chi connectivity index (χ0) is 11.7. The maximum atomic E-state index is 2.51. The molecule has 2 aliphatic rings. The highest BCUT2D eigenvalue weighted by Crippen LogP contribution is 2.24. The maximum Gasteiger partial charge on any atom is 0.111 e. The van der Waals surface area contributed by atoms with Crippen LogP contribution in [0.4, 0.5) is 0 Å². The van der Waals surface area contributed by atoms with Gasteiger partial charge in [0, 0.05) is 18.4 Å². The van der Waals surface area contributed by atoms with Gasteiger partial charge in [0.15, 0.2) is 0 Å². The van der Waals surface area contributed by atoms with E-state index in [0.29, 0.717) is 6.04 Å². The van der Waals surface area contributed by atoms with Crippen LogP contribution < -0.4 is 17.3 Å². The highest BCUT2D eigenvalue weighted by molar-refractivity contribution is 5.18. The zero-order valence-corrected chi connectivity index (χ0v) is 12.3. The van der Waals surface area contributed by atoms with Crippen LogP contribution in [0.5, 0.6) is 0 Å². The van der Waals surface area contributed by atoms with Gasteiger partial charge in [-0.3, -0.25) is 0 Å². The molecule has 0 bridgehead atoms. The first-order valence-electron chi connectivity index (χ1n) is 6.96. The molecule has 1 heterocycles. The smallest absolute Gasteiger partial charge is 0.111 e. The number of fused-ring (bicyclic) bond motifs is 1. The Kier molecular flexibility index (Phi) is 6.05. The third-order valence-electron chi connectivity index (χ3n) is 4.56. The minimum Gasteiger partial charge on any atom is -1.00 e. The van der Waals surface area contributed by atoms with Crippen molar-refractivity contribution in [1.82, 2.24) is 0 Å². The van der Waals surface area contributed by atoms with E-state index in [4.69, 9.17) is 0 Å². The fourth-order valence-electron chi connectivity index (χ4n) is 3.57. The second kappa shape index (κ2) is 7.09. The first-order valence-corrected chi connectivity index (χ1v) is 6.96. The van der Waals surface area contributed by atoms with Crippen molar-refractivity contribution in [1.29, 1.82) is 0 Å². The van der Waals surface area contributed by atoms with Crippen molar-refractivity contribution < 1.29 is 22.8 Å². The van der Waals surface area contributed by atoms with Crippen LogP contribution >= 0.6 is 0 Å². The Balaban J connectivity index is 0.000000902. The highest BCUT2D eigenvalue weighted by Gasteiger charge is 2.37. The Morgan fingerprint density at radius 1 is 1.21 bits per heavy atom. The fourth-order valence-corrected chi connectivity index (χ4v) is 3.57. The van der Waals surface area contributed by atoms with E-state index in [-0.39, 0.29) is 17.9 Å². The van der Waals surface area contributed by atoms with Crippen LogP contribution in [0.25, 0.3) is 0 Å². The molecule has 3 atom stereocenters. The largest absolute Gasteiger partial charge is 1.00 e. The summed E-state index contributed by atoms with van der Waals surface area (Å²) in [6, 6.07) is 12.5. The monoisotopic (exact) mass is 281 g/mol. The quantitative estimate of drug-likeness (QED) is 0.654. The van der Waals surface area contributed by atoms with Gasteiger partial charge in [-0.1, -0.05) is 36.4 Å². The van der Waals surface area contributed by atoms with Crippen LogP contribution in [0.2, 0.25) is 0 Å². The number of hydrogen-bond donors (Lipinski definition) is 1. The number of quaternary nitrogens is 1. The average Bonchev–Trinajstić information content (AvgIpc) is 2.83. The molecule has 19 heavy (non-hydrogen) atoms. The first-order chi connectivity index (χ1) is 8.36. The van der Waals surface area contributed by atoms with Crippen molar-refractivity contribution in [3.05, 3.63) is 47.5 Å². The lowest BCUT2D eigenvalue weighted by atomic mass is 9.94. The first kappa shape index (κ1) is 16.2. The van der Waals surface area contributed by atoms with E-state index in [2.05, 4.69) is 43.3 Å². The predicted molar refractivity (Wildman–Crippen MR) is 74.6 cm³/mol. The van der Waals surface area contributed by atoms with Gasteiger partial charge in [-0.15, -0.1) is 0 Å². The number of halogens is 1. The number of likely N-dealkylation sites (tertiary alicyclic amines) is 1. The second-order valence-electron chi connectivity index (χ2n) is 5.47. The molecule has 0 saturated carbocycles. The molecule has 2 nitrogen and oxygen atoms in total. The summed E-state index contributed by atoms with van der Waals surface area (Å²) in [4.78, 5) is 1.79. The summed E-state index contributed by atoms with van der Waals surface area (Å²) in [6.45, 7) is 3.72. The molecule has 1 aromatic carbocycles. The van der Waals surface area contributed by atoms with Crippen molar-refractivity contribution >= 4 is 0 Å². The van der Waals surface area contributed by atoms with Crippen LogP contribution in [0.15, 0.2) is 42.0 Å². The Labute approximate surface area is 122 Å². The topological polar surface area (TPSA) is 35.9 Å². The molecule has 1 aliphatic carbocycles. The molecule has 0 amide bonds. The summed E-state index contributed by atoms with van der Waals surface area (Å²) in [5.41, 5.74) is 3.24. The summed E-state index contributed by atoms with van der Waals surface area (Å²) >= 11 is 0. The van der Waals surface area contributed by atoms with Crippen LogP contribution in [0, 0.1) is 0 Å². The zero-order valence-electron chi connectivity index (χ0n) is 11.5. The van der Waals surface area contributed by atoms with Gasteiger partial charge in [0.1, 0.15) is 12.1 Å². The molecule has 106 valence electrons. The molecule has 1 aromatic rings. The molecular weight excluding hydrogens is 258 g/mol. The number of allylic oxidation sites excluding steroid dienone is 1. The summed E-state index contributed by atoms with van der Waals surface area (Å²) < 4.78 is 0. The average molecular weight is 282 g/mol. The number of hydrogen-bond acceptors (Lipinski definition) is 0. The maximum absolute atomic E-state index is 2.51. The van der Waals surface area contributed by atoms with Crippen LogP contribution in [0.3, 0.4) is 0 Å². The molecular formula is C16H24ClNO. The van der Waals surface area contributed by atoms with Gasteiger partial charge in [-0.05, 0) is 25.3 Å². The number of benzene rings is 1. The van der Waals surface area contributed by atoms with Crippen molar-refractivity contribution in [3.8, 4) is 0 Å². The van der Waals surface area contributed by atoms with Crippen molar-refractivity contribution in [2.45, 2.75) is 44.7 Å². The summed E-state index contributed by atoms with van der Waals surface area (Å²) in [6.07, 6.45) is 7.95. The number of nitrogens with one attached hydrogen (secondary N) is 1. The Hall–Kier alpha value is -0.830. The van der Waals surface area contributed by atoms with E-state index >= 15 is 0 Å². The molecule has 3 rings (SSSR count). The van der Waals surface area contributed by atoms with Gasteiger partial charge >= 0.3 is 0 Å². The lowest BCUT2D eigenvalue weighted by Gasteiger charge is -2.29. The van der Waals surface area contributed by atoms with Crippen LogP contribution in [-0.2, 0) is 0 Å². The highest BCUT2D eigenvalue weighted by atomic mass is 35.5. The molecule has 3 N–H and O–H groups in total. The molecule has 0 aromatic heterocycles. The Bertz CT molecular complexity index is 418. The Morgan fingerprint density at radius 3 is 2.68 bits per heavy atom. The summed E-state index contributed by atoms with van der Waals surface area (Å²) in [7, 11) is 0. The predicted octanol–water partition coefficient (Wildman–Crippen LogP) is -1.31. The lowest BCUT2D eigenvalue weighted by molar-refractivity contribution is -0.939. The summed E-state index contributed by atoms with van der Waals surface area (Å²) in [5, 5.41) is 0. The molecule has 1 saturated heterocycles. The molecule has 3 heteroatoms.